The Morgan fingerprint density at radius 1 is 1.60 bits per heavy atom. The number of fused-ring (bicyclic) bond motifs is 1. The summed E-state index contributed by atoms with van der Waals surface area (Å²) in [5.41, 5.74) is 0.771. The molecule has 0 unspecified atom stereocenters. The van der Waals surface area contributed by atoms with E-state index in [1.165, 1.54) is 18.7 Å². The second-order valence-corrected chi connectivity index (χ2v) is 3.19. The standard InChI is InChI=1S/C9H8ClN3O2/c1-2-15-9(14)8-6-3-11-4-7(10)13(6)5-12-8/h3-5H,2H2,1H3. The molecule has 0 aliphatic heterocycles. The summed E-state index contributed by atoms with van der Waals surface area (Å²) in [6.07, 6.45) is 4.46. The maximum Gasteiger partial charge on any atom is 0.359 e. The smallest absolute Gasteiger partial charge is 0.359 e. The van der Waals surface area contributed by atoms with Crippen LogP contribution in [0, 0.1) is 0 Å². The third-order valence-electron chi connectivity index (χ3n) is 1.88. The van der Waals surface area contributed by atoms with Crippen molar-refractivity contribution in [3.8, 4) is 0 Å². The molecule has 0 radical (unpaired) electrons. The van der Waals surface area contributed by atoms with Crippen LogP contribution < -0.4 is 0 Å². The van der Waals surface area contributed by atoms with Gasteiger partial charge in [-0.15, -0.1) is 0 Å². The van der Waals surface area contributed by atoms with Crippen molar-refractivity contribution >= 4 is 23.1 Å². The number of halogens is 1. The number of esters is 1. The molecule has 2 rings (SSSR count). The molecule has 5 nitrogen and oxygen atoms in total. The van der Waals surface area contributed by atoms with Crippen molar-refractivity contribution in [2.45, 2.75) is 6.92 Å². The van der Waals surface area contributed by atoms with Gasteiger partial charge < -0.3 is 4.74 Å². The van der Waals surface area contributed by atoms with E-state index in [9.17, 15) is 4.79 Å². The highest BCUT2D eigenvalue weighted by molar-refractivity contribution is 6.29. The fourth-order valence-corrected chi connectivity index (χ4v) is 1.43. The van der Waals surface area contributed by atoms with Gasteiger partial charge in [-0.05, 0) is 6.92 Å². The van der Waals surface area contributed by atoms with Crippen LogP contribution in [0.15, 0.2) is 18.7 Å². The molecule has 2 aromatic rings. The Bertz CT molecular complexity index is 509. The second-order valence-electron chi connectivity index (χ2n) is 2.80. The number of carbonyl (C=O) groups excluding carboxylic acids is 1. The Labute approximate surface area is 90.7 Å². The molecule has 2 aromatic heterocycles. The number of rotatable bonds is 2. The minimum atomic E-state index is -0.468. The van der Waals surface area contributed by atoms with Gasteiger partial charge in [0.25, 0.3) is 0 Å². The van der Waals surface area contributed by atoms with E-state index < -0.39 is 5.97 Å². The lowest BCUT2D eigenvalue weighted by Gasteiger charge is -1.99. The number of imidazole rings is 1. The lowest BCUT2D eigenvalue weighted by atomic mass is 10.4. The van der Waals surface area contributed by atoms with Gasteiger partial charge >= 0.3 is 5.97 Å². The molecule has 2 heterocycles. The summed E-state index contributed by atoms with van der Waals surface area (Å²) in [5, 5.41) is 0.399. The van der Waals surface area contributed by atoms with E-state index >= 15 is 0 Å². The molecular formula is C9H8ClN3O2. The highest BCUT2D eigenvalue weighted by atomic mass is 35.5. The molecule has 0 N–H and O–H groups in total. The van der Waals surface area contributed by atoms with Gasteiger partial charge in [0.2, 0.25) is 0 Å². The molecule has 0 fully saturated rings. The van der Waals surface area contributed by atoms with Crippen molar-refractivity contribution < 1.29 is 9.53 Å². The van der Waals surface area contributed by atoms with E-state index in [2.05, 4.69) is 9.97 Å². The van der Waals surface area contributed by atoms with Gasteiger partial charge in [-0.25, -0.2) is 9.78 Å². The minimum Gasteiger partial charge on any atom is -0.461 e. The van der Waals surface area contributed by atoms with E-state index in [-0.39, 0.29) is 5.69 Å². The van der Waals surface area contributed by atoms with Gasteiger partial charge in [-0.3, -0.25) is 9.38 Å². The zero-order chi connectivity index (χ0) is 10.8. The van der Waals surface area contributed by atoms with Crippen molar-refractivity contribution in [2.75, 3.05) is 6.61 Å². The van der Waals surface area contributed by atoms with E-state index in [0.29, 0.717) is 17.3 Å². The summed E-state index contributed by atoms with van der Waals surface area (Å²) in [4.78, 5) is 19.3. The highest BCUT2D eigenvalue weighted by Crippen LogP contribution is 2.14. The number of hydrogen-bond acceptors (Lipinski definition) is 4. The first-order valence-corrected chi connectivity index (χ1v) is 4.75. The first-order valence-electron chi connectivity index (χ1n) is 4.37. The Kier molecular flexibility index (Phi) is 2.55. The SMILES string of the molecule is CCOC(=O)c1ncn2c(Cl)cncc12. The topological polar surface area (TPSA) is 56.5 Å². The first kappa shape index (κ1) is 9.92. The molecule has 15 heavy (non-hydrogen) atoms. The molecule has 0 spiro atoms. The first-order chi connectivity index (χ1) is 7.24. The summed E-state index contributed by atoms with van der Waals surface area (Å²) in [7, 11) is 0. The minimum absolute atomic E-state index is 0.229. The molecule has 0 aliphatic carbocycles. The molecule has 0 aliphatic rings. The average Bonchev–Trinajstić information content (AvgIpc) is 2.63. The van der Waals surface area contributed by atoms with Crippen molar-refractivity contribution in [2.24, 2.45) is 0 Å². The Balaban J connectivity index is 2.54. The molecule has 0 aromatic carbocycles. The third kappa shape index (κ3) is 1.66. The molecule has 0 bridgehead atoms. The van der Waals surface area contributed by atoms with Crippen LogP contribution in [-0.2, 0) is 4.74 Å². The van der Waals surface area contributed by atoms with Crippen molar-refractivity contribution in [3.05, 3.63) is 29.6 Å². The van der Waals surface area contributed by atoms with Crippen LogP contribution in [0.1, 0.15) is 17.4 Å². The quantitative estimate of drug-likeness (QED) is 0.728. The van der Waals surface area contributed by atoms with Crippen LogP contribution in [0.25, 0.3) is 5.52 Å². The van der Waals surface area contributed by atoms with Crippen molar-refractivity contribution in [3.63, 3.8) is 0 Å². The van der Waals surface area contributed by atoms with Gasteiger partial charge in [0.1, 0.15) is 11.5 Å². The summed E-state index contributed by atoms with van der Waals surface area (Å²) in [5.74, 6) is -0.468. The van der Waals surface area contributed by atoms with Gasteiger partial charge in [0, 0.05) is 0 Å². The summed E-state index contributed by atoms with van der Waals surface area (Å²) >= 11 is 5.86. The van der Waals surface area contributed by atoms with E-state index in [4.69, 9.17) is 16.3 Å². The number of ether oxygens (including phenoxy) is 1. The molecule has 78 valence electrons. The third-order valence-corrected chi connectivity index (χ3v) is 2.16. The molecule has 0 amide bonds. The van der Waals surface area contributed by atoms with Gasteiger partial charge in [-0.1, -0.05) is 11.6 Å². The second kappa shape index (κ2) is 3.86. The fourth-order valence-electron chi connectivity index (χ4n) is 1.24. The van der Waals surface area contributed by atoms with E-state index in [0.717, 1.165) is 0 Å². The predicted octanol–water partition coefficient (Wildman–Crippen LogP) is 1.56. The Morgan fingerprint density at radius 2 is 2.40 bits per heavy atom. The van der Waals surface area contributed by atoms with Crippen LogP contribution in [-0.4, -0.2) is 26.9 Å². The lowest BCUT2D eigenvalue weighted by molar-refractivity contribution is 0.0522. The fraction of sp³-hybridized carbons (Fsp3) is 0.222. The summed E-state index contributed by atoms with van der Waals surface area (Å²) < 4.78 is 6.42. The normalized spacial score (nSPS) is 10.5. The number of nitrogens with zero attached hydrogens (tertiary/aromatic N) is 3. The van der Waals surface area contributed by atoms with E-state index in [1.807, 2.05) is 0 Å². The van der Waals surface area contributed by atoms with Crippen molar-refractivity contribution in [1.82, 2.24) is 14.4 Å². The zero-order valence-electron chi connectivity index (χ0n) is 7.98. The summed E-state index contributed by atoms with van der Waals surface area (Å²) in [6.45, 7) is 2.05. The molecule has 6 heteroatoms. The lowest BCUT2D eigenvalue weighted by Crippen LogP contribution is -2.05. The molecule has 0 saturated carbocycles. The number of carbonyl (C=O) groups is 1. The number of aromatic nitrogens is 3. The van der Waals surface area contributed by atoms with Crippen LogP contribution in [0.5, 0.6) is 0 Å². The van der Waals surface area contributed by atoms with Crippen LogP contribution >= 0.6 is 11.6 Å². The van der Waals surface area contributed by atoms with Gasteiger partial charge in [0.15, 0.2) is 5.69 Å². The van der Waals surface area contributed by atoms with Gasteiger partial charge in [-0.2, -0.15) is 0 Å². The molecule has 0 saturated heterocycles. The average molecular weight is 226 g/mol. The summed E-state index contributed by atoms with van der Waals surface area (Å²) in [6, 6.07) is 0. The Hall–Kier alpha value is -1.62. The van der Waals surface area contributed by atoms with Crippen molar-refractivity contribution in [1.29, 1.82) is 0 Å². The highest BCUT2D eigenvalue weighted by Gasteiger charge is 2.15. The number of hydrogen-bond donors (Lipinski definition) is 0. The van der Waals surface area contributed by atoms with Crippen LogP contribution in [0.2, 0.25) is 5.15 Å². The largest absolute Gasteiger partial charge is 0.461 e. The van der Waals surface area contributed by atoms with E-state index in [1.54, 1.807) is 11.3 Å². The van der Waals surface area contributed by atoms with Crippen LogP contribution in [0.3, 0.4) is 0 Å². The van der Waals surface area contributed by atoms with Crippen LogP contribution in [0.4, 0.5) is 0 Å². The molecular weight excluding hydrogens is 218 g/mol. The predicted molar refractivity (Wildman–Crippen MR) is 54.0 cm³/mol. The maximum absolute atomic E-state index is 11.5. The molecule has 0 atom stereocenters. The monoisotopic (exact) mass is 225 g/mol. The zero-order valence-corrected chi connectivity index (χ0v) is 8.73. The Morgan fingerprint density at radius 3 is 3.13 bits per heavy atom. The van der Waals surface area contributed by atoms with Gasteiger partial charge in [0.05, 0.1) is 24.5 Å². The maximum atomic E-state index is 11.5.